The van der Waals surface area contributed by atoms with Crippen molar-refractivity contribution in [2.45, 2.75) is 26.2 Å². The number of para-hydroxylation sites is 1. The van der Waals surface area contributed by atoms with Crippen molar-refractivity contribution in [1.29, 1.82) is 0 Å². The Morgan fingerprint density at radius 3 is 2.71 bits per heavy atom. The van der Waals surface area contributed by atoms with Crippen molar-refractivity contribution < 1.29 is 23.1 Å². The standard InChI is InChI=1S/C16H22N2O5S/c1-2-10-24(22,23)17-14-8-4-3-7-13(14)15(19)18-9-5-6-12(11-18)16(20)21/h3-4,7-8,12,17H,2,5-6,9-11H2,1H3,(H,20,21)/t12-/m0/s1. The number of aliphatic carboxylic acids is 1. The minimum atomic E-state index is -3.51. The van der Waals surface area contributed by atoms with Crippen LogP contribution in [-0.4, -0.2) is 49.1 Å². The van der Waals surface area contributed by atoms with Crippen LogP contribution >= 0.6 is 0 Å². The van der Waals surface area contributed by atoms with E-state index in [0.717, 1.165) is 0 Å². The maximum Gasteiger partial charge on any atom is 0.308 e. The Morgan fingerprint density at radius 1 is 1.33 bits per heavy atom. The van der Waals surface area contributed by atoms with Gasteiger partial charge in [0.15, 0.2) is 0 Å². The molecular formula is C16H22N2O5S. The molecule has 0 bridgehead atoms. The molecule has 1 fully saturated rings. The molecule has 2 rings (SSSR count). The quantitative estimate of drug-likeness (QED) is 0.810. The molecule has 0 radical (unpaired) electrons. The number of benzene rings is 1. The molecule has 24 heavy (non-hydrogen) atoms. The van der Waals surface area contributed by atoms with Crippen molar-refractivity contribution in [3.8, 4) is 0 Å². The second-order valence-corrected chi connectivity index (χ2v) is 7.74. The number of carboxylic acids is 1. The molecule has 1 heterocycles. The number of hydrogen-bond donors (Lipinski definition) is 2. The highest BCUT2D eigenvalue weighted by molar-refractivity contribution is 7.92. The molecule has 1 aromatic carbocycles. The highest BCUT2D eigenvalue weighted by Gasteiger charge is 2.29. The lowest BCUT2D eigenvalue weighted by atomic mass is 9.97. The van der Waals surface area contributed by atoms with E-state index >= 15 is 0 Å². The molecule has 0 aliphatic carbocycles. The van der Waals surface area contributed by atoms with Crippen molar-refractivity contribution in [3.63, 3.8) is 0 Å². The van der Waals surface area contributed by atoms with Gasteiger partial charge in [-0.2, -0.15) is 0 Å². The molecule has 1 aliphatic rings. The average molecular weight is 354 g/mol. The van der Waals surface area contributed by atoms with Gasteiger partial charge in [0.05, 0.1) is 22.9 Å². The van der Waals surface area contributed by atoms with E-state index in [0.29, 0.717) is 25.8 Å². The van der Waals surface area contributed by atoms with Crippen LogP contribution < -0.4 is 4.72 Å². The van der Waals surface area contributed by atoms with Crippen LogP contribution in [0.25, 0.3) is 0 Å². The third kappa shape index (κ3) is 4.47. The molecule has 1 aromatic rings. The SMILES string of the molecule is CCCS(=O)(=O)Nc1ccccc1C(=O)N1CCC[C@H](C(=O)O)C1. The lowest BCUT2D eigenvalue weighted by Crippen LogP contribution is -2.42. The number of carbonyl (C=O) groups is 2. The molecule has 0 aromatic heterocycles. The number of amides is 1. The first-order valence-corrected chi connectivity index (χ1v) is 9.61. The van der Waals surface area contributed by atoms with Gasteiger partial charge in [-0.25, -0.2) is 8.42 Å². The first kappa shape index (κ1) is 18.3. The Hall–Kier alpha value is -2.09. The van der Waals surface area contributed by atoms with Crippen LogP contribution in [0.1, 0.15) is 36.5 Å². The van der Waals surface area contributed by atoms with Gasteiger partial charge in [0.1, 0.15) is 0 Å². The van der Waals surface area contributed by atoms with Gasteiger partial charge in [0.25, 0.3) is 5.91 Å². The number of sulfonamides is 1. The third-order valence-electron chi connectivity index (χ3n) is 3.95. The van der Waals surface area contributed by atoms with Crippen LogP contribution in [0.4, 0.5) is 5.69 Å². The van der Waals surface area contributed by atoms with Crippen molar-refractivity contribution in [3.05, 3.63) is 29.8 Å². The molecule has 1 saturated heterocycles. The molecule has 1 amide bonds. The van der Waals surface area contributed by atoms with E-state index in [1.165, 1.54) is 4.90 Å². The molecule has 0 spiro atoms. The molecule has 2 N–H and O–H groups in total. The topological polar surface area (TPSA) is 104 Å². The monoisotopic (exact) mass is 354 g/mol. The summed E-state index contributed by atoms with van der Waals surface area (Å²) in [4.78, 5) is 25.4. The maximum absolute atomic E-state index is 12.7. The number of rotatable bonds is 6. The highest BCUT2D eigenvalue weighted by atomic mass is 32.2. The van der Waals surface area contributed by atoms with Crippen molar-refractivity contribution in [2.75, 3.05) is 23.6 Å². The molecule has 0 unspecified atom stereocenters. The first-order valence-electron chi connectivity index (χ1n) is 7.95. The number of hydrogen-bond acceptors (Lipinski definition) is 4. The van der Waals surface area contributed by atoms with Gasteiger partial charge in [0, 0.05) is 13.1 Å². The highest BCUT2D eigenvalue weighted by Crippen LogP contribution is 2.23. The first-order chi connectivity index (χ1) is 11.3. The predicted octanol–water partition coefficient (Wildman–Crippen LogP) is 1.78. The Morgan fingerprint density at radius 2 is 2.04 bits per heavy atom. The number of carbonyl (C=O) groups excluding carboxylic acids is 1. The molecule has 8 heteroatoms. The third-order valence-corrected chi connectivity index (χ3v) is 5.43. The summed E-state index contributed by atoms with van der Waals surface area (Å²) in [7, 11) is -3.51. The normalized spacial score (nSPS) is 18.2. The van der Waals surface area contributed by atoms with Crippen LogP contribution in [0.5, 0.6) is 0 Å². The van der Waals surface area contributed by atoms with Gasteiger partial charge in [-0.3, -0.25) is 14.3 Å². The molecule has 132 valence electrons. The molecule has 7 nitrogen and oxygen atoms in total. The number of anilines is 1. The van der Waals surface area contributed by atoms with Gasteiger partial charge in [-0.1, -0.05) is 19.1 Å². The van der Waals surface area contributed by atoms with E-state index in [1.54, 1.807) is 31.2 Å². The molecule has 1 atom stereocenters. The van der Waals surface area contributed by atoms with Crippen molar-refractivity contribution in [1.82, 2.24) is 4.90 Å². The number of nitrogens with one attached hydrogen (secondary N) is 1. The maximum atomic E-state index is 12.7. The zero-order chi connectivity index (χ0) is 17.7. The Kier molecular flexibility index (Phi) is 5.82. The van der Waals surface area contributed by atoms with Crippen molar-refractivity contribution >= 4 is 27.6 Å². The van der Waals surface area contributed by atoms with Gasteiger partial charge in [-0.05, 0) is 31.4 Å². The van der Waals surface area contributed by atoms with Crippen molar-refractivity contribution in [2.24, 2.45) is 5.92 Å². The summed E-state index contributed by atoms with van der Waals surface area (Å²) in [6, 6.07) is 6.40. The Balaban J connectivity index is 2.22. The van der Waals surface area contributed by atoms with Crippen LogP contribution in [0.2, 0.25) is 0 Å². The summed E-state index contributed by atoms with van der Waals surface area (Å²) in [5.41, 5.74) is 0.469. The minimum Gasteiger partial charge on any atom is -0.481 e. The van der Waals surface area contributed by atoms with Gasteiger partial charge >= 0.3 is 5.97 Å². The molecule has 1 aliphatic heterocycles. The van der Waals surface area contributed by atoms with E-state index in [4.69, 9.17) is 5.11 Å². The minimum absolute atomic E-state index is 0.0275. The second kappa shape index (κ2) is 7.65. The summed E-state index contributed by atoms with van der Waals surface area (Å²) < 4.78 is 26.4. The molecule has 0 saturated carbocycles. The number of likely N-dealkylation sites (tertiary alicyclic amines) is 1. The van der Waals surface area contributed by atoms with E-state index in [9.17, 15) is 18.0 Å². The summed E-state index contributed by atoms with van der Waals surface area (Å²) in [5, 5.41) is 9.15. The fourth-order valence-electron chi connectivity index (χ4n) is 2.78. The number of carboxylic acid groups (broad SMARTS) is 1. The van der Waals surface area contributed by atoms with Gasteiger partial charge in [0.2, 0.25) is 10.0 Å². The fourth-order valence-corrected chi connectivity index (χ4v) is 3.93. The number of piperidine rings is 1. The molecular weight excluding hydrogens is 332 g/mol. The van der Waals surface area contributed by atoms with E-state index < -0.39 is 21.9 Å². The Labute approximate surface area is 141 Å². The predicted molar refractivity (Wildman–Crippen MR) is 90.4 cm³/mol. The fraction of sp³-hybridized carbons (Fsp3) is 0.500. The van der Waals surface area contributed by atoms with E-state index in [-0.39, 0.29) is 29.5 Å². The summed E-state index contributed by atoms with van der Waals surface area (Å²) in [5.74, 6) is -1.87. The zero-order valence-corrected chi connectivity index (χ0v) is 14.4. The van der Waals surface area contributed by atoms with E-state index in [1.807, 2.05) is 0 Å². The Bertz CT molecular complexity index is 717. The smallest absolute Gasteiger partial charge is 0.308 e. The van der Waals surface area contributed by atoms with E-state index in [2.05, 4.69) is 4.72 Å². The lowest BCUT2D eigenvalue weighted by molar-refractivity contribution is -0.143. The second-order valence-electron chi connectivity index (χ2n) is 5.90. The van der Waals surface area contributed by atoms with Crippen LogP contribution in [0.3, 0.4) is 0 Å². The lowest BCUT2D eigenvalue weighted by Gasteiger charge is -2.31. The summed E-state index contributed by atoms with van der Waals surface area (Å²) in [6.45, 7) is 2.37. The van der Waals surface area contributed by atoms with Crippen LogP contribution in [-0.2, 0) is 14.8 Å². The van der Waals surface area contributed by atoms with Crippen LogP contribution in [0, 0.1) is 5.92 Å². The average Bonchev–Trinajstić information content (AvgIpc) is 2.54. The summed E-state index contributed by atoms with van der Waals surface area (Å²) in [6.07, 6.45) is 1.63. The van der Waals surface area contributed by atoms with Gasteiger partial charge < -0.3 is 10.0 Å². The number of nitrogens with zero attached hydrogens (tertiary/aromatic N) is 1. The van der Waals surface area contributed by atoms with Gasteiger partial charge in [-0.15, -0.1) is 0 Å². The largest absolute Gasteiger partial charge is 0.481 e. The zero-order valence-electron chi connectivity index (χ0n) is 13.6. The van der Waals surface area contributed by atoms with Crippen LogP contribution in [0.15, 0.2) is 24.3 Å². The summed E-state index contributed by atoms with van der Waals surface area (Å²) >= 11 is 0.